The average Bonchev–Trinajstić information content (AvgIpc) is 2.51. The Balaban J connectivity index is 2.54. The minimum Gasteiger partial charge on any atom is -0.306 e. The SMILES string of the molecule is Cc1nc(C(C)NC(C)C(C)C)cs1. The van der Waals surface area contributed by atoms with Gasteiger partial charge in [-0.25, -0.2) is 4.98 Å². The van der Waals surface area contributed by atoms with Gasteiger partial charge in [0.2, 0.25) is 0 Å². The molecule has 0 amide bonds. The summed E-state index contributed by atoms with van der Waals surface area (Å²) in [5.41, 5.74) is 1.17. The van der Waals surface area contributed by atoms with Crippen LogP contribution in [-0.2, 0) is 0 Å². The van der Waals surface area contributed by atoms with Crippen LogP contribution in [0.15, 0.2) is 5.38 Å². The van der Waals surface area contributed by atoms with Gasteiger partial charge in [-0.2, -0.15) is 0 Å². The number of hydrogen-bond donors (Lipinski definition) is 1. The number of nitrogens with one attached hydrogen (secondary N) is 1. The fourth-order valence-electron chi connectivity index (χ4n) is 1.25. The number of aromatic nitrogens is 1. The third-order valence-corrected chi connectivity index (χ3v) is 3.39. The topological polar surface area (TPSA) is 24.9 Å². The molecule has 2 unspecified atom stereocenters. The van der Waals surface area contributed by atoms with Crippen molar-refractivity contribution >= 4 is 11.3 Å². The lowest BCUT2D eigenvalue weighted by atomic mass is 10.1. The van der Waals surface area contributed by atoms with Gasteiger partial charge in [-0.05, 0) is 26.7 Å². The molecule has 0 radical (unpaired) electrons. The van der Waals surface area contributed by atoms with E-state index in [1.807, 2.05) is 6.92 Å². The van der Waals surface area contributed by atoms with Crippen molar-refractivity contribution < 1.29 is 0 Å². The zero-order valence-electron chi connectivity index (χ0n) is 9.66. The molecule has 2 atom stereocenters. The van der Waals surface area contributed by atoms with Crippen LogP contribution in [0.2, 0.25) is 0 Å². The second kappa shape index (κ2) is 4.89. The molecular weight excluding hydrogens is 192 g/mol. The second-order valence-corrected chi connectivity index (χ2v) is 5.27. The lowest BCUT2D eigenvalue weighted by Gasteiger charge is -2.21. The quantitative estimate of drug-likeness (QED) is 0.829. The average molecular weight is 212 g/mol. The molecule has 1 aromatic rings. The highest BCUT2D eigenvalue weighted by atomic mass is 32.1. The van der Waals surface area contributed by atoms with E-state index in [-0.39, 0.29) is 0 Å². The normalized spacial score (nSPS) is 15.9. The van der Waals surface area contributed by atoms with Gasteiger partial charge in [0.15, 0.2) is 0 Å². The molecule has 3 heteroatoms. The maximum atomic E-state index is 4.48. The summed E-state index contributed by atoms with van der Waals surface area (Å²) in [7, 11) is 0. The Morgan fingerprint density at radius 3 is 2.36 bits per heavy atom. The van der Waals surface area contributed by atoms with E-state index < -0.39 is 0 Å². The van der Waals surface area contributed by atoms with Gasteiger partial charge >= 0.3 is 0 Å². The van der Waals surface area contributed by atoms with Crippen LogP contribution in [0.5, 0.6) is 0 Å². The van der Waals surface area contributed by atoms with Crippen molar-refractivity contribution in [2.24, 2.45) is 5.92 Å². The summed E-state index contributed by atoms with van der Waals surface area (Å²) in [4.78, 5) is 4.48. The first-order chi connectivity index (χ1) is 6.50. The van der Waals surface area contributed by atoms with E-state index in [2.05, 4.69) is 43.4 Å². The summed E-state index contributed by atoms with van der Waals surface area (Å²) in [5.74, 6) is 0.664. The van der Waals surface area contributed by atoms with Crippen LogP contribution < -0.4 is 5.32 Å². The molecule has 0 saturated heterocycles. The van der Waals surface area contributed by atoms with Crippen molar-refractivity contribution in [1.29, 1.82) is 0 Å². The van der Waals surface area contributed by atoms with E-state index in [0.717, 1.165) is 5.01 Å². The van der Waals surface area contributed by atoms with Gasteiger partial charge in [0.25, 0.3) is 0 Å². The lowest BCUT2D eigenvalue weighted by Crippen LogP contribution is -2.33. The molecule has 1 heterocycles. The van der Waals surface area contributed by atoms with Crippen LogP contribution in [0.4, 0.5) is 0 Å². The highest BCUT2D eigenvalue weighted by Gasteiger charge is 2.13. The molecule has 0 spiro atoms. The van der Waals surface area contributed by atoms with Crippen molar-refractivity contribution in [2.45, 2.75) is 46.7 Å². The van der Waals surface area contributed by atoms with Crippen molar-refractivity contribution in [3.05, 3.63) is 16.1 Å². The Morgan fingerprint density at radius 2 is 1.93 bits per heavy atom. The van der Waals surface area contributed by atoms with Gasteiger partial charge in [0.05, 0.1) is 10.7 Å². The summed E-state index contributed by atoms with van der Waals surface area (Å²) in [6, 6.07) is 0.893. The molecule has 0 saturated carbocycles. The Hall–Kier alpha value is -0.410. The number of thiazole rings is 1. The zero-order chi connectivity index (χ0) is 10.7. The molecule has 1 N–H and O–H groups in total. The van der Waals surface area contributed by atoms with Gasteiger partial charge in [-0.3, -0.25) is 0 Å². The van der Waals surface area contributed by atoms with E-state index >= 15 is 0 Å². The van der Waals surface area contributed by atoms with Crippen molar-refractivity contribution in [2.75, 3.05) is 0 Å². The Kier molecular flexibility index (Phi) is 4.08. The van der Waals surface area contributed by atoms with E-state index in [0.29, 0.717) is 18.0 Å². The standard InChI is InChI=1S/C11H20N2S/c1-7(2)8(3)12-9(4)11-6-14-10(5)13-11/h6-9,12H,1-5H3. The number of hydrogen-bond acceptors (Lipinski definition) is 3. The third kappa shape index (κ3) is 3.07. The smallest absolute Gasteiger partial charge is 0.0898 e. The van der Waals surface area contributed by atoms with Gasteiger partial charge in [-0.1, -0.05) is 13.8 Å². The first-order valence-corrected chi connectivity index (χ1v) is 6.06. The number of nitrogens with zero attached hydrogens (tertiary/aromatic N) is 1. The van der Waals surface area contributed by atoms with Crippen molar-refractivity contribution in [1.82, 2.24) is 10.3 Å². The van der Waals surface area contributed by atoms with Crippen LogP contribution in [0.3, 0.4) is 0 Å². The third-order valence-electron chi connectivity index (χ3n) is 2.59. The molecule has 1 aromatic heterocycles. The molecule has 1 rings (SSSR count). The summed E-state index contributed by atoms with van der Waals surface area (Å²) >= 11 is 1.72. The van der Waals surface area contributed by atoms with E-state index in [1.54, 1.807) is 11.3 Å². The first-order valence-electron chi connectivity index (χ1n) is 5.18. The maximum absolute atomic E-state index is 4.48. The molecule has 2 nitrogen and oxygen atoms in total. The highest BCUT2D eigenvalue weighted by molar-refractivity contribution is 7.09. The van der Waals surface area contributed by atoms with Gasteiger partial charge in [0.1, 0.15) is 0 Å². The van der Waals surface area contributed by atoms with Gasteiger partial charge in [0, 0.05) is 17.5 Å². The molecule has 0 aromatic carbocycles. The Bertz CT molecular complexity index is 281. The zero-order valence-corrected chi connectivity index (χ0v) is 10.5. The summed E-state index contributed by atoms with van der Waals surface area (Å²) < 4.78 is 0. The minimum absolute atomic E-state index is 0.359. The fraction of sp³-hybridized carbons (Fsp3) is 0.727. The van der Waals surface area contributed by atoms with Gasteiger partial charge < -0.3 is 5.32 Å². The van der Waals surface area contributed by atoms with Crippen LogP contribution in [0.25, 0.3) is 0 Å². The van der Waals surface area contributed by atoms with Gasteiger partial charge in [-0.15, -0.1) is 11.3 Å². The summed E-state index contributed by atoms with van der Waals surface area (Å²) in [6.45, 7) is 10.9. The fourth-order valence-corrected chi connectivity index (χ4v) is 1.96. The Morgan fingerprint density at radius 1 is 1.29 bits per heavy atom. The number of aryl methyl sites for hydroxylation is 1. The molecule has 14 heavy (non-hydrogen) atoms. The maximum Gasteiger partial charge on any atom is 0.0898 e. The van der Waals surface area contributed by atoms with Crippen molar-refractivity contribution in [3.63, 3.8) is 0 Å². The second-order valence-electron chi connectivity index (χ2n) is 4.21. The molecule has 0 bridgehead atoms. The Labute approximate surface area is 90.8 Å². The van der Waals surface area contributed by atoms with Crippen LogP contribution in [-0.4, -0.2) is 11.0 Å². The molecule has 0 fully saturated rings. The summed E-state index contributed by atoms with van der Waals surface area (Å²) in [5, 5.41) is 6.84. The van der Waals surface area contributed by atoms with E-state index in [4.69, 9.17) is 0 Å². The predicted octanol–water partition coefficient (Wildman–Crippen LogP) is 3.15. The summed E-state index contributed by atoms with van der Waals surface area (Å²) in [6.07, 6.45) is 0. The molecular formula is C11H20N2S. The lowest BCUT2D eigenvalue weighted by molar-refractivity contribution is 0.386. The van der Waals surface area contributed by atoms with Crippen LogP contribution in [0.1, 0.15) is 44.4 Å². The molecule has 80 valence electrons. The van der Waals surface area contributed by atoms with Crippen LogP contribution in [0, 0.1) is 12.8 Å². The minimum atomic E-state index is 0.359. The van der Waals surface area contributed by atoms with E-state index in [9.17, 15) is 0 Å². The largest absolute Gasteiger partial charge is 0.306 e. The first kappa shape index (κ1) is 11.7. The highest BCUT2D eigenvalue weighted by Crippen LogP contribution is 2.17. The number of rotatable bonds is 4. The van der Waals surface area contributed by atoms with Crippen LogP contribution >= 0.6 is 11.3 Å². The monoisotopic (exact) mass is 212 g/mol. The molecule has 0 aliphatic carbocycles. The molecule has 0 aliphatic rings. The van der Waals surface area contributed by atoms with Crippen molar-refractivity contribution in [3.8, 4) is 0 Å². The predicted molar refractivity (Wildman–Crippen MR) is 62.7 cm³/mol. The molecule has 0 aliphatic heterocycles. The van der Waals surface area contributed by atoms with E-state index in [1.165, 1.54) is 5.69 Å².